The quantitative estimate of drug-likeness (QED) is 0.617. The Bertz CT molecular complexity index is 1250. The zero-order valence-corrected chi connectivity index (χ0v) is 18.6. The van der Waals surface area contributed by atoms with Crippen LogP contribution in [-0.4, -0.2) is 34.7 Å². The first kappa shape index (κ1) is 19.9. The van der Waals surface area contributed by atoms with E-state index >= 15 is 0 Å². The minimum atomic E-state index is -0.343. The Kier molecular flexibility index (Phi) is 4.27. The lowest BCUT2D eigenvalue weighted by Crippen LogP contribution is -2.52. The van der Waals surface area contributed by atoms with Gasteiger partial charge in [0.05, 0.1) is 27.0 Å². The fourth-order valence-corrected chi connectivity index (χ4v) is 5.35. The number of hydrogen-bond donors (Lipinski definition) is 1. The first-order valence-electron chi connectivity index (χ1n) is 10.3. The van der Waals surface area contributed by atoms with Gasteiger partial charge in [-0.2, -0.15) is 4.98 Å². The number of aromatic nitrogens is 2. The third kappa shape index (κ3) is 2.65. The average molecular weight is 443 g/mol. The van der Waals surface area contributed by atoms with E-state index in [-0.39, 0.29) is 23.4 Å². The summed E-state index contributed by atoms with van der Waals surface area (Å²) in [5.41, 5.74) is 4.08. The molecule has 1 N–H and O–H groups in total. The van der Waals surface area contributed by atoms with E-state index in [4.69, 9.17) is 11.6 Å². The molecular weight excluding hydrogens is 419 g/mol. The Labute approximate surface area is 186 Å². The maximum absolute atomic E-state index is 12.8. The largest absolute Gasteiger partial charge is 0.368 e. The van der Waals surface area contributed by atoms with Gasteiger partial charge in [-0.25, -0.2) is 0 Å². The topological polar surface area (TPSA) is 50.2 Å². The first-order chi connectivity index (χ1) is 13.9. The van der Waals surface area contributed by atoms with E-state index < -0.39 is 0 Å². The van der Waals surface area contributed by atoms with Gasteiger partial charge in [-0.3, -0.25) is 9.36 Å². The molecule has 7 heteroatoms. The molecule has 156 valence electrons. The summed E-state index contributed by atoms with van der Waals surface area (Å²) in [5.74, 6) is 0.781. The maximum atomic E-state index is 12.8. The number of hydrogen-bond acceptors (Lipinski definition) is 4. The van der Waals surface area contributed by atoms with E-state index in [9.17, 15) is 4.79 Å². The molecule has 0 unspecified atom stereocenters. The maximum Gasteiger partial charge on any atom is 0.282 e. The summed E-state index contributed by atoms with van der Waals surface area (Å²) >= 11 is 6.39. The SMILES string of the molecule is CC1(C)c2ccc(N3CCNC4(CC4)C3)cc2-n2c1nc(=O)c1c(Cl)cccc12.Cl. The van der Waals surface area contributed by atoms with Crippen LogP contribution in [0.2, 0.25) is 5.02 Å². The molecule has 0 bridgehead atoms. The van der Waals surface area contributed by atoms with E-state index in [0.29, 0.717) is 15.9 Å². The van der Waals surface area contributed by atoms with Gasteiger partial charge in [-0.15, -0.1) is 12.4 Å². The van der Waals surface area contributed by atoms with E-state index in [1.165, 1.54) is 24.1 Å². The summed E-state index contributed by atoms with van der Waals surface area (Å²) in [6.45, 7) is 7.35. The van der Waals surface area contributed by atoms with Crippen molar-refractivity contribution in [3.63, 3.8) is 0 Å². The highest BCUT2D eigenvalue weighted by Crippen LogP contribution is 2.45. The minimum Gasteiger partial charge on any atom is -0.368 e. The van der Waals surface area contributed by atoms with Gasteiger partial charge in [0.2, 0.25) is 0 Å². The zero-order valence-electron chi connectivity index (χ0n) is 17.0. The van der Waals surface area contributed by atoms with E-state index in [2.05, 4.69) is 51.8 Å². The molecule has 3 aliphatic rings. The lowest BCUT2D eigenvalue weighted by atomic mass is 9.85. The van der Waals surface area contributed by atoms with Crippen molar-refractivity contribution >= 4 is 40.6 Å². The van der Waals surface area contributed by atoms with Crippen molar-refractivity contribution in [2.45, 2.75) is 37.6 Å². The lowest BCUT2D eigenvalue weighted by molar-refractivity contribution is 0.442. The highest BCUT2D eigenvalue weighted by molar-refractivity contribution is 6.35. The van der Waals surface area contributed by atoms with Crippen LogP contribution >= 0.6 is 24.0 Å². The van der Waals surface area contributed by atoms with Gasteiger partial charge in [0.1, 0.15) is 5.82 Å². The van der Waals surface area contributed by atoms with E-state index in [1.807, 2.05) is 12.1 Å². The molecule has 3 aromatic rings. The molecule has 5 nitrogen and oxygen atoms in total. The molecule has 0 radical (unpaired) electrons. The number of halogens is 2. The van der Waals surface area contributed by atoms with Gasteiger partial charge in [-0.1, -0.05) is 23.7 Å². The Morgan fingerprint density at radius 1 is 1.17 bits per heavy atom. The number of benzene rings is 2. The van der Waals surface area contributed by atoms with Crippen LogP contribution in [0, 0.1) is 0 Å². The summed E-state index contributed by atoms with van der Waals surface area (Å²) in [6, 6.07) is 12.3. The van der Waals surface area contributed by atoms with Crippen molar-refractivity contribution in [3.8, 4) is 5.69 Å². The average Bonchev–Trinajstić information content (AvgIpc) is 3.40. The highest BCUT2D eigenvalue weighted by Gasteiger charge is 2.46. The monoisotopic (exact) mass is 442 g/mol. The molecule has 1 spiro atoms. The van der Waals surface area contributed by atoms with Crippen molar-refractivity contribution in [3.05, 3.63) is 63.2 Å². The molecule has 2 aromatic carbocycles. The summed E-state index contributed by atoms with van der Waals surface area (Å²) in [4.78, 5) is 19.7. The molecule has 2 fully saturated rings. The molecule has 1 aromatic heterocycles. The number of rotatable bonds is 1. The number of nitrogens with one attached hydrogen (secondary N) is 1. The van der Waals surface area contributed by atoms with Crippen LogP contribution in [0.15, 0.2) is 41.2 Å². The Morgan fingerprint density at radius 3 is 2.73 bits per heavy atom. The van der Waals surface area contributed by atoms with E-state index in [1.54, 1.807) is 6.07 Å². The van der Waals surface area contributed by atoms with Gasteiger partial charge in [0, 0.05) is 30.9 Å². The Hall–Kier alpha value is -2.08. The van der Waals surface area contributed by atoms with Crippen LogP contribution in [0.3, 0.4) is 0 Å². The van der Waals surface area contributed by atoms with Crippen molar-refractivity contribution in [2.24, 2.45) is 0 Å². The molecule has 3 heterocycles. The second-order valence-corrected chi connectivity index (χ2v) is 9.57. The summed E-state index contributed by atoms with van der Waals surface area (Å²) in [5, 5.41) is 4.63. The highest BCUT2D eigenvalue weighted by atomic mass is 35.5. The fraction of sp³-hybridized carbons (Fsp3) is 0.391. The van der Waals surface area contributed by atoms with E-state index in [0.717, 1.165) is 36.7 Å². The van der Waals surface area contributed by atoms with Crippen LogP contribution in [0.1, 0.15) is 38.1 Å². The standard InChI is InChI=1S/C23H23ClN4O.ClH/c1-22(2)15-7-6-14(27-11-10-25-23(13-27)8-9-23)12-18(15)28-17-5-3-4-16(24)19(17)20(29)26-21(22)28;/h3-7,12,25H,8-11,13H2,1-2H3;1H. The number of anilines is 1. The minimum absolute atomic E-state index is 0. The molecule has 1 saturated heterocycles. The fourth-order valence-electron chi connectivity index (χ4n) is 5.10. The number of piperazine rings is 1. The second-order valence-electron chi connectivity index (χ2n) is 9.17. The number of fused-ring (bicyclic) bond motifs is 5. The zero-order chi connectivity index (χ0) is 20.0. The molecule has 1 saturated carbocycles. The normalized spacial score (nSPS) is 20.0. The van der Waals surface area contributed by atoms with Gasteiger partial charge < -0.3 is 10.2 Å². The number of nitrogens with zero attached hydrogens (tertiary/aromatic N) is 3. The second kappa shape index (κ2) is 6.46. The van der Waals surface area contributed by atoms with Gasteiger partial charge in [-0.05, 0) is 56.5 Å². The van der Waals surface area contributed by atoms with Crippen LogP contribution in [0.4, 0.5) is 5.69 Å². The van der Waals surface area contributed by atoms with Crippen LogP contribution in [-0.2, 0) is 5.41 Å². The molecular formula is C23H24Cl2N4O. The molecule has 30 heavy (non-hydrogen) atoms. The Balaban J connectivity index is 0.00000193. The van der Waals surface area contributed by atoms with Crippen LogP contribution in [0.25, 0.3) is 16.6 Å². The third-order valence-corrected chi connectivity index (χ3v) is 7.23. The summed E-state index contributed by atoms with van der Waals surface area (Å²) < 4.78 is 2.14. The Morgan fingerprint density at radius 2 is 1.97 bits per heavy atom. The van der Waals surface area contributed by atoms with Crippen LogP contribution < -0.4 is 15.8 Å². The predicted molar refractivity (Wildman–Crippen MR) is 124 cm³/mol. The van der Waals surface area contributed by atoms with Crippen molar-refractivity contribution in [1.29, 1.82) is 0 Å². The lowest BCUT2D eigenvalue weighted by Gasteiger charge is -2.36. The molecule has 2 aliphatic heterocycles. The van der Waals surface area contributed by atoms with Gasteiger partial charge >= 0.3 is 0 Å². The van der Waals surface area contributed by atoms with Crippen LogP contribution in [0.5, 0.6) is 0 Å². The molecule has 6 rings (SSSR count). The van der Waals surface area contributed by atoms with Gasteiger partial charge in [0.25, 0.3) is 5.56 Å². The summed E-state index contributed by atoms with van der Waals surface area (Å²) in [7, 11) is 0. The van der Waals surface area contributed by atoms with Crippen molar-refractivity contribution in [1.82, 2.24) is 14.9 Å². The molecule has 1 aliphatic carbocycles. The van der Waals surface area contributed by atoms with Crippen molar-refractivity contribution < 1.29 is 0 Å². The van der Waals surface area contributed by atoms with Crippen molar-refractivity contribution in [2.75, 3.05) is 24.5 Å². The summed E-state index contributed by atoms with van der Waals surface area (Å²) in [6.07, 6.45) is 2.52. The first-order valence-corrected chi connectivity index (χ1v) is 10.6. The van der Waals surface area contributed by atoms with Gasteiger partial charge in [0.15, 0.2) is 0 Å². The molecule has 0 atom stereocenters. The molecule has 0 amide bonds. The predicted octanol–water partition coefficient (Wildman–Crippen LogP) is 4.04. The third-order valence-electron chi connectivity index (χ3n) is 6.91. The smallest absolute Gasteiger partial charge is 0.282 e.